The molecule has 0 atom stereocenters. The van der Waals surface area contributed by atoms with Crippen molar-refractivity contribution >= 4 is 35.1 Å². The number of carboxylic acid groups (broad SMARTS) is 1. The molecule has 0 spiro atoms. The van der Waals surface area contributed by atoms with Crippen molar-refractivity contribution in [3.05, 3.63) is 28.8 Å². The van der Waals surface area contributed by atoms with E-state index in [1.54, 1.807) is 0 Å². The van der Waals surface area contributed by atoms with E-state index >= 15 is 0 Å². The molecule has 1 fully saturated rings. The largest absolute Gasteiger partial charge is 0.478 e. The Morgan fingerprint density at radius 3 is 2.25 bits per heavy atom. The number of halogens is 1. The van der Waals surface area contributed by atoms with Gasteiger partial charge in [-0.3, -0.25) is 14.5 Å². The number of aromatic carboxylic acids is 1. The van der Waals surface area contributed by atoms with Crippen LogP contribution >= 0.6 is 11.6 Å². The molecule has 5 nitrogen and oxygen atoms in total. The van der Waals surface area contributed by atoms with Gasteiger partial charge in [-0.15, -0.1) is 0 Å². The number of carboxylic acids is 1. The van der Waals surface area contributed by atoms with Gasteiger partial charge < -0.3 is 5.11 Å². The van der Waals surface area contributed by atoms with E-state index < -0.39 is 5.97 Å². The number of piperidine rings is 1. The molecular weight excluding hydrogens is 282 g/mol. The fourth-order valence-corrected chi connectivity index (χ4v) is 2.54. The van der Waals surface area contributed by atoms with Crippen molar-refractivity contribution in [3.63, 3.8) is 0 Å². The first-order valence-corrected chi connectivity index (χ1v) is 6.48. The summed E-state index contributed by atoms with van der Waals surface area (Å²) < 4.78 is 0. The third-order valence-electron chi connectivity index (χ3n) is 3.20. The lowest BCUT2D eigenvalue weighted by Crippen LogP contribution is -2.46. The Labute approximate surface area is 121 Å². The van der Waals surface area contributed by atoms with E-state index in [0.717, 1.165) is 4.90 Å². The Kier molecular flexibility index (Phi) is 3.56. The van der Waals surface area contributed by atoms with Gasteiger partial charge in [-0.2, -0.15) is 0 Å². The molecule has 0 radical (unpaired) electrons. The van der Waals surface area contributed by atoms with Gasteiger partial charge in [0.25, 0.3) is 0 Å². The molecule has 2 amide bonds. The zero-order valence-electron chi connectivity index (χ0n) is 11.1. The predicted octanol–water partition coefficient (Wildman–Crippen LogP) is 2.72. The average molecular weight is 296 g/mol. The molecule has 20 heavy (non-hydrogen) atoms. The number of carbonyl (C=O) groups is 3. The molecule has 1 aliphatic heterocycles. The summed E-state index contributed by atoms with van der Waals surface area (Å²) >= 11 is 5.86. The summed E-state index contributed by atoms with van der Waals surface area (Å²) in [6.45, 7) is 3.72. The summed E-state index contributed by atoms with van der Waals surface area (Å²) in [5.41, 5.74) is -0.103. The number of anilines is 1. The Morgan fingerprint density at radius 1 is 1.25 bits per heavy atom. The second kappa shape index (κ2) is 4.90. The standard InChI is InChI=1S/C14H14ClNO4/c1-14(2)6-11(17)16(12(18)7-14)8-3-4-9(13(19)20)10(15)5-8/h3-5H,6-7H2,1-2H3,(H,19,20). The molecule has 1 saturated heterocycles. The second-order valence-electron chi connectivity index (χ2n) is 5.61. The van der Waals surface area contributed by atoms with E-state index in [1.807, 2.05) is 13.8 Å². The maximum Gasteiger partial charge on any atom is 0.337 e. The first-order valence-electron chi connectivity index (χ1n) is 6.10. The van der Waals surface area contributed by atoms with Gasteiger partial charge in [-0.25, -0.2) is 4.79 Å². The first kappa shape index (κ1) is 14.5. The Bertz CT molecular complexity index is 589. The number of hydrogen-bond donors (Lipinski definition) is 1. The number of carbonyl (C=O) groups excluding carboxylic acids is 2. The number of hydrogen-bond acceptors (Lipinski definition) is 3. The van der Waals surface area contributed by atoms with Gasteiger partial charge in [-0.1, -0.05) is 25.4 Å². The number of benzene rings is 1. The summed E-state index contributed by atoms with van der Waals surface area (Å²) in [6.07, 6.45) is 0.522. The molecule has 1 aromatic rings. The fraction of sp³-hybridized carbons (Fsp3) is 0.357. The molecule has 6 heteroatoms. The number of rotatable bonds is 2. The minimum atomic E-state index is -1.15. The van der Waals surface area contributed by atoms with E-state index in [2.05, 4.69) is 0 Å². The molecule has 1 N–H and O–H groups in total. The van der Waals surface area contributed by atoms with Crippen molar-refractivity contribution in [1.29, 1.82) is 0 Å². The molecule has 106 valence electrons. The van der Waals surface area contributed by atoms with Crippen molar-refractivity contribution in [1.82, 2.24) is 0 Å². The molecule has 0 aromatic heterocycles. The van der Waals surface area contributed by atoms with Crippen LogP contribution in [0.4, 0.5) is 5.69 Å². The molecule has 0 unspecified atom stereocenters. The summed E-state index contributed by atoms with van der Waals surface area (Å²) in [4.78, 5) is 36.2. The zero-order valence-corrected chi connectivity index (χ0v) is 11.9. The number of nitrogens with zero attached hydrogens (tertiary/aromatic N) is 1. The van der Waals surface area contributed by atoms with Gasteiger partial charge in [0, 0.05) is 12.8 Å². The minimum Gasteiger partial charge on any atom is -0.478 e. The predicted molar refractivity (Wildman–Crippen MR) is 73.9 cm³/mol. The van der Waals surface area contributed by atoms with Crippen LogP contribution < -0.4 is 4.90 Å². The summed E-state index contributed by atoms with van der Waals surface area (Å²) in [7, 11) is 0. The third-order valence-corrected chi connectivity index (χ3v) is 3.51. The molecule has 0 aliphatic carbocycles. The van der Waals surface area contributed by atoms with E-state index in [0.29, 0.717) is 5.69 Å². The minimum absolute atomic E-state index is 0.000402. The Morgan fingerprint density at radius 2 is 1.80 bits per heavy atom. The van der Waals surface area contributed by atoms with Gasteiger partial charge in [0.15, 0.2) is 0 Å². The molecular formula is C14H14ClNO4. The lowest BCUT2D eigenvalue weighted by atomic mass is 9.81. The highest BCUT2D eigenvalue weighted by Gasteiger charge is 2.38. The van der Waals surface area contributed by atoms with Gasteiger partial charge in [0.05, 0.1) is 16.3 Å². The smallest absolute Gasteiger partial charge is 0.337 e. The fourth-order valence-electron chi connectivity index (χ4n) is 2.28. The topological polar surface area (TPSA) is 74.7 Å². The zero-order chi connectivity index (χ0) is 15.1. The van der Waals surface area contributed by atoms with Crippen molar-refractivity contribution < 1.29 is 19.5 Å². The number of imide groups is 1. The molecule has 0 bridgehead atoms. The van der Waals surface area contributed by atoms with E-state index in [1.165, 1.54) is 18.2 Å². The number of amides is 2. The van der Waals surface area contributed by atoms with Crippen LogP contribution in [0.5, 0.6) is 0 Å². The maximum absolute atomic E-state index is 12.1. The third kappa shape index (κ3) is 2.67. The summed E-state index contributed by atoms with van der Waals surface area (Å²) in [5.74, 6) is -1.75. The van der Waals surface area contributed by atoms with Crippen LogP contribution in [-0.4, -0.2) is 22.9 Å². The molecule has 1 aliphatic rings. The monoisotopic (exact) mass is 295 g/mol. The van der Waals surface area contributed by atoms with Crippen LogP contribution in [0.25, 0.3) is 0 Å². The van der Waals surface area contributed by atoms with Gasteiger partial charge in [-0.05, 0) is 23.6 Å². The highest BCUT2D eigenvalue weighted by molar-refractivity contribution is 6.34. The lowest BCUT2D eigenvalue weighted by Gasteiger charge is -2.34. The van der Waals surface area contributed by atoms with Gasteiger partial charge in [0.2, 0.25) is 11.8 Å². The van der Waals surface area contributed by atoms with E-state index in [9.17, 15) is 14.4 Å². The quantitative estimate of drug-likeness (QED) is 0.851. The second-order valence-corrected chi connectivity index (χ2v) is 6.02. The van der Waals surface area contributed by atoms with Crippen LogP contribution in [0.1, 0.15) is 37.0 Å². The first-order chi connectivity index (χ1) is 9.21. The summed E-state index contributed by atoms with van der Waals surface area (Å²) in [5, 5.41) is 8.91. The van der Waals surface area contributed by atoms with Crippen LogP contribution in [0.2, 0.25) is 5.02 Å². The van der Waals surface area contributed by atoms with E-state index in [-0.39, 0.29) is 40.7 Å². The molecule has 1 heterocycles. The Balaban J connectivity index is 2.37. The van der Waals surface area contributed by atoms with Crippen molar-refractivity contribution in [2.45, 2.75) is 26.7 Å². The van der Waals surface area contributed by atoms with Gasteiger partial charge in [0.1, 0.15) is 0 Å². The lowest BCUT2D eigenvalue weighted by molar-refractivity contribution is -0.132. The van der Waals surface area contributed by atoms with E-state index in [4.69, 9.17) is 16.7 Å². The molecule has 0 saturated carbocycles. The SMILES string of the molecule is CC1(C)CC(=O)N(c2ccc(C(=O)O)c(Cl)c2)C(=O)C1. The van der Waals surface area contributed by atoms with Crippen molar-refractivity contribution in [3.8, 4) is 0 Å². The summed E-state index contributed by atoms with van der Waals surface area (Å²) in [6, 6.07) is 4.04. The average Bonchev–Trinajstić information content (AvgIpc) is 2.25. The molecule has 1 aromatic carbocycles. The maximum atomic E-state index is 12.1. The van der Waals surface area contributed by atoms with Crippen LogP contribution in [0.15, 0.2) is 18.2 Å². The van der Waals surface area contributed by atoms with Crippen LogP contribution in [0, 0.1) is 5.41 Å². The highest BCUT2D eigenvalue weighted by Crippen LogP contribution is 2.35. The van der Waals surface area contributed by atoms with Crippen LogP contribution in [0.3, 0.4) is 0 Å². The molecule has 2 rings (SSSR count). The van der Waals surface area contributed by atoms with Crippen LogP contribution in [-0.2, 0) is 9.59 Å². The normalized spacial score (nSPS) is 18.2. The van der Waals surface area contributed by atoms with Crippen molar-refractivity contribution in [2.24, 2.45) is 5.41 Å². The van der Waals surface area contributed by atoms with Gasteiger partial charge >= 0.3 is 5.97 Å². The highest BCUT2D eigenvalue weighted by atomic mass is 35.5. The Hall–Kier alpha value is -1.88. The van der Waals surface area contributed by atoms with Crippen molar-refractivity contribution in [2.75, 3.05) is 4.90 Å².